The summed E-state index contributed by atoms with van der Waals surface area (Å²) in [5.41, 5.74) is -0.333. The molecule has 3 rings (SSSR count). The molecule has 1 aromatic carbocycles. The summed E-state index contributed by atoms with van der Waals surface area (Å²) in [4.78, 5) is 54.0. The van der Waals surface area contributed by atoms with Gasteiger partial charge in [0.15, 0.2) is 0 Å². The Hall–Kier alpha value is -2.65. The Morgan fingerprint density at radius 1 is 1.11 bits per heavy atom. The van der Waals surface area contributed by atoms with Crippen molar-refractivity contribution in [3.8, 4) is 0 Å². The highest BCUT2D eigenvalue weighted by Crippen LogP contribution is 2.29. The molecule has 1 atom stereocenters. The molecule has 0 bridgehead atoms. The summed E-state index contributed by atoms with van der Waals surface area (Å²) in [6.45, 7) is 3.99. The Balaban J connectivity index is 1.68. The lowest BCUT2D eigenvalue weighted by atomic mass is 9.80. The van der Waals surface area contributed by atoms with Gasteiger partial charge in [-0.3, -0.25) is 14.4 Å². The maximum Gasteiger partial charge on any atom is 0.318 e. The van der Waals surface area contributed by atoms with Crippen molar-refractivity contribution in [1.82, 2.24) is 20.9 Å². The monoisotopic (exact) mass is 520 g/mol. The van der Waals surface area contributed by atoms with Gasteiger partial charge in [-0.1, -0.05) is 62.8 Å². The maximum absolute atomic E-state index is 13.6. The number of ketones is 1. The number of morpholine rings is 1. The van der Waals surface area contributed by atoms with Crippen molar-refractivity contribution in [2.45, 2.75) is 76.4 Å². The van der Waals surface area contributed by atoms with E-state index in [-0.39, 0.29) is 12.6 Å². The van der Waals surface area contributed by atoms with Crippen LogP contribution in [0.25, 0.3) is 0 Å². The summed E-state index contributed by atoms with van der Waals surface area (Å²) >= 11 is 5.99. The van der Waals surface area contributed by atoms with E-state index in [0.717, 1.165) is 31.2 Å². The van der Waals surface area contributed by atoms with Gasteiger partial charge in [0.25, 0.3) is 5.91 Å². The van der Waals surface area contributed by atoms with E-state index in [1.807, 2.05) is 6.92 Å². The molecule has 1 saturated heterocycles. The lowest BCUT2D eigenvalue weighted by Crippen LogP contribution is -2.64. The average Bonchev–Trinajstić information content (AvgIpc) is 2.90. The molecule has 36 heavy (non-hydrogen) atoms. The molecule has 2 aliphatic rings. The first-order valence-corrected chi connectivity index (χ1v) is 13.2. The van der Waals surface area contributed by atoms with E-state index in [4.69, 9.17) is 16.3 Å². The van der Waals surface area contributed by atoms with Crippen molar-refractivity contribution in [3.05, 3.63) is 34.9 Å². The molecule has 0 spiro atoms. The van der Waals surface area contributed by atoms with Gasteiger partial charge in [-0.2, -0.15) is 0 Å². The summed E-state index contributed by atoms with van der Waals surface area (Å²) < 4.78 is 5.32. The van der Waals surface area contributed by atoms with Crippen LogP contribution >= 0.6 is 11.6 Å². The fourth-order valence-corrected chi connectivity index (χ4v) is 4.88. The quantitative estimate of drug-likeness (QED) is 0.410. The molecule has 0 unspecified atom stereocenters. The van der Waals surface area contributed by atoms with Gasteiger partial charge in [0, 0.05) is 24.7 Å². The first-order chi connectivity index (χ1) is 17.3. The van der Waals surface area contributed by atoms with E-state index in [9.17, 15) is 19.2 Å². The Bertz CT molecular complexity index is 929. The average molecular weight is 521 g/mol. The normalized spacial score (nSPS) is 18.1. The third kappa shape index (κ3) is 7.67. The zero-order valence-corrected chi connectivity index (χ0v) is 21.7. The number of Topliss-reactive ketones (excluding diaryl/α,β-unsaturated/α-hetero) is 1. The van der Waals surface area contributed by atoms with Crippen LogP contribution in [0.2, 0.25) is 5.02 Å². The van der Waals surface area contributed by atoms with Crippen molar-refractivity contribution in [3.63, 3.8) is 0 Å². The number of ether oxygens (including phenoxy) is 1. The van der Waals surface area contributed by atoms with Crippen LogP contribution in [0.3, 0.4) is 0 Å². The highest BCUT2D eigenvalue weighted by molar-refractivity contribution is 6.38. The van der Waals surface area contributed by atoms with Gasteiger partial charge >= 0.3 is 6.03 Å². The zero-order chi connectivity index (χ0) is 26.0. The fourth-order valence-electron chi connectivity index (χ4n) is 4.66. The Morgan fingerprint density at radius 2 is 1.83 bits per heavy atom. The molecular formula is C26H37ClN4O5. The van der Waals surface area contributed by atoms with Crippen molar-refractivity contribution >= 4 is 35.2 Å². The summed E-state index contributed by atoms with van der Waals surface area (Å²) in [5.74, 6) is -1.85. The van der Waals surface area contributed by atoms with E-state index in [1.54, 1.807) is 29.2 Å². The van der Waals surface area contributed by atoms with Crippen molar-refractivity contribution < 1.29 is 23.9 Å². The lowest BCUT2D eigenvalue weighted by Gasteiger charge is -2.39. The Labute approximate surface area is 217 Å². The molecule has 2 fully saturated rings. The lowest BCUT2D eigenvalue weighted by molar-refractivity contribution is -0.141. The number of halogens is 1. The minimum Gasteiger partial charge on any atom is -0.378 e. The Morgan fingerprint density at radius 3 is 2.50 bits per heavy atom. The predicted octanol–water partition coefficient (Wildman–Crippen LogP) is 2.95. The van der Waals surface area contributed by atoms with Gasteiger partial charge in [-0.05, 0) is 37.0 Å². The second-order valence-electron chi connectivity index (χ2n) is 9.52. The smallest absolute Gasteiger partial charge is 0.318 e. The SMILES string of the molecule is CCCC[C@H](NC(=O)C1(NC(=O)N2CCOCC2)CCCCC1)C(=O)C(=O)NCc1cccc(Cl)c1. The minimum atomic E-state index is -1.10. The summed E-state index contributed by atoms with van der Waals surface area (Å²) in [6.07, 6.45) is 5.38. The number of hydrogen-bond acceptors (Lipinski definition) is 5. The summed E-state index contributed by atoms with van der Waals surface area (Å²) in [7, 11) is 0. The van der Waals surface area contributed by atoms with Crippen LogP contribution < -0.4 is 16.0 Å². The number of amides is 4. The molecule has 9 nitrogen and oxygen atoms in total. The number of nitrogens with one attached hydrogen (secondary N) is 3. The standard InChI is InChI=1S/C26H37ClN4O5/c1-2-3-10-21(22(32)23(33)28-18-19-8-7-9-20(27)17-19)29-24(34)26(11-5-4-6-12-26)30-25(35)31-13-15-36-16-14-31/h7-9,17,21H,2-6,10-16,18H2,1H3,(H,28,33)(H,29,34)(H,30,35)/t21-/m0/s1. The highest BCUT2D eigenvalue weighted by atomic mass is 35.5. The molecule has 1 aliphatic carbocycles. The number of carbonyl (C=O) groups is 4. The fraction of sp³-hybridized carbons (Fsp3) is 0.615. The van der Waals surface area contributed by atoms with Gasteiger partial charge in [0.1, 0.15) is 5.54 Å². The molecule has 3 N–H and O–H groups in total. The first-order valence-electron chi connectivity index (χ1n) is 12.9. The van der Waals surface area contributed by atoms with E-state index in [1.165, 1.54) is 0 Å². The number of unbranched alkanes of at least 4 members (excludes halogenated alkanes) is 1. The molecule has 1 saturated carbocycles. The van der Waals surface area contributed by atoms with Crippen LogP contribution in [-0.2, 0) is 25.7 Å². The number of rotatable bonds is 10. The summed E-state index contributed by atoms with van der Waals surface area (Å²) in [6, 6.07) is 5.75. The van der Waals surface area contributed by atoms with Crippen molar-refractivity contribution in [2.75, 3.05) is 26.3 Å². The van der Waals surface area contributed by atoms with Crippen LogP contribution in [0.4, 0.5) is 4.79 Å². The third-order valence-electron chi connectivity index (χ3n) is 6.82. The second-order valence-corrected chi connectivity index (χ2v) is 9.95. The number of carbonyl (C=O) groups excluding carboxylic acids is 4. The van der Waals surface area contributed by atoms with Gasteiger partial charge in [0.05, 0.1) is 19.3 Å². The van der Waals surface area contributed by atoms with Crippen molar-refractivity contribution in [2.24, 2.45) is 0 Å². The highest BCUT2D eigenvalue weighted by Gasteiger charge is 2.43. The van der Waals surface area contributed by atoms with Crippen LogP contribution in [0.15, 0.2) is 24.3 Å². The number of benzene rings is 1. The van der Waals surface area contributed by atoms with Gasteiger partial charge in [0.2, 0.25) is 11.7 Å². The first kappa shape index (κ1) is 27.9. The number of nitrogens with zero attached hydrogens (tertiary/aromatic N) is 1. The van der Waals surface area contributed by atoms with Crippen LogP contribution in [-0.4, -0.2) is 66.4 Å². The van der Waals surface area contributed by atoms with Crippen LogP contribution in [0, 0.1) is 0 Å². The van der Waals surface area contributed by atoms with E-state index >= 15 is 0 Å². The predicted molar refractivity (Wildman–Crippen MR) is 137 cm³/mol. The second kappa shape index (κ2) is 13.6. The van der Waals surface area contributed by atoms with E-state index in [2.05, 4.69) is 16.0 Å². The van der Waals surface area contributed by atoms with Gasteiger partial charge < -0.3 is 25.6 Å². The molecule has 1 aliphatic heterocycles. The van der Waals surface area contributed by atoms with Crippen LogP contribution in [0.1, 0.15) is 63.9 Å². The largest absolute Gasteiger partial charge is 0.378 e. The number of urea groups is 1. The molecule has 1 heterocycles. The topological polar surface area (TPSA) is 117 Å². The molecule has 10 heteroatoms. The molecule has 1 aromatic rings. The van der Waals surface area contributed by atoms with E-state index < -0.39 is 29.2 Å². The molecule has 198 valence electrons. The molecular weight excluding hydrogens is 484 g/mol. The number of hydrogen-bond donors (Lipinski definition) is 3. The van der Waals surface area contributed by atoms with Crippen molar-refractivity contribution in [1.29, 1.82) is 0 Å². The summed E-state index contributed by atoms with van der Waals surface area (Å²) in [5, 5.41) is 8.98. The molecule has 0 radical (unpaired) electrons. The van der Waals surface area contributed by atoms with Crippen LogP contribution in [0.5, 0.6) is 0 Å². The maximum atomic E-state index is 13.6. The van der Waals surface area contributed by atoms with Gasteiger partial charge in [-0.15, -0.1) is 0 Å². The molecule has 4 amide bonds. The van der Waals surface area contributed by atoms with Gasteiger partial charge in [-0.25, -0.2) is 4.79 Å². The molecule has 0 aromatic heterocycles. The third-order valence-corrected chi connectivity index (χ3v) is 7.06. The Kier molecular flexibility index (Phi) is 10.6. The zero-order valence-electron chi connectivity index (χ0n) is 20.9. The minimum absolute atomic E-state index is 0.152. The van der Waals surface area contributed by atoms with E-state index in [0.29, 0.717) is 57.0 Å².